The maximum atomic E-state index is 14.6. The summed E-state index contributed by atoms with van der Waals surface area (Å²) < 4.78 is 104. The minimum Gasteiger partial charge on any atom is -0.432 e. The number of hydrogen-bond acceptors (Lipinski definition) is 2. The van der Waals surface area contributed by atoms with Crippen LogP contribution in [0, 0.1) is 23.5 Å². The molecule has 2 aromatic rings. The van der Waals surface area contributed by atoms with Crippen molar-refractivity contribution in [2.75, 3.05) is 0 Å². The summed E-state index contributed by atoms with van der Waals surface area (Å²) in [6.07, 6.45) is -2.13. The van der Waals surface area contributed by atoms with Crippen molar-refractivity contribution in [1.29, 1.82) is 0 Å². The van der Waals surface area contributed by atoms with Gasteiger partial charge in [0.05, 0.1) is 5.92 Å². The number of hydrogen-bond donors (Lipinski definition) is 0. The van der Waals surface area contributed by atoms with Gasteiger partial charge in [-0.3, -0.25) is 0 Å². The summed E-state index contributed by atoms with van der Waals surface area (Å²) in [5, 5.41) is 0. The second-order valence-corrected chi connectivity index (χ2v) is 8.09. The Morgan fingerprint density at radius 2 is 1.64 bits per heavy atom. The Hall–Kier alpha value is -2.71. The lowest BCUT2D eigenvalue weighted by molar-refractivity contribution is -0.223. The van der Waals surface area contributed by atoms with E-state index in [0.717, 1.165) is 49.2 Å². The van der Waals surface area contributed by atoms with E-state index >= 15 is 0 Å². The van der Waals surface area contributed by atoms with Crippen LogP contribution in [-0.2, 0) is 0 Å². The minimum absolute atomic E-state index is 0.0324. The Balaban J connectivity index is 1.71. The fourth-order valence-corrected chi connectivity index (χ4v) is 4.12. The molecule has 0 bridgehead atoms. The van der Waals surface area contributed by atoms with Crippen molar-refractivity contribution in [2.45, 2.75) is 51.6 Å². The topological polar surface area (TPSA) is 18.5 Å². The third-order valence-corrected chi connectivity index (χ3v) is 5.80. The molecule has 3 rings (SSSR count). The molecule has 2 nitrogen and oxygen atoms in total. The zero-order chi connectivity index (χ0) is 24.2. The number of halogens is 7. The smallest absolute Gasteiger partial charge is 0.400 e. The van der Waals surface area contributed by atoms with Gasteiger partial charge >= 0.3 is 18.2 Å². The van der Waals surface area contributed by atoms with Crippen LogP contribution in [0.1, 0.15) is 45.4 Å². The summed E-state index contributed by atoms with van der Waals surface area (Å²) in [5.74, 6) is -3.88. The lowest BCUT2D eigenvalue weighted by Crippen LogP contribution is -2.37. The molecule has 2 aromatic carbocycles. The Morgan fingerprint density at radius 1 is 0.939 bits per heavy atom. The fourth-order valence-electron chi connectivity index (χ4n) is 4.12. The van der Waals surface area contributed by atoms with E-state index in [1.54, 1.807) is 0 Å². The van der Waals surface area contributed by atoms with Gasteiger partial charge in [0, 0.05) is 11.6 Å². The Morgan fingerprint density at radius 3 is 2.21 bits per heavy atom. The monoisotopic (exact) mass is 476 g/mol. The molecule has 0 spiro atoms. The van der Waals surface area contributed by atoms with Crippen molar-refractivity contribution in [3.8, 4) is 22.6 Å². The van der Waals surface area contributed by atoms with Crippen LogP contribution >= 0.6 is 0 Å². The van der Waals surface area contributed by atoms with E-state index in [9.17, 15) is 30.7 Å². The lowest BCUT2D eigenvalue weighted by Gasteiger charge is -2.33. The molecule has 1 saturated carbocycles. The second kappa shape index (κ2) is 10.5. The van der Waals surface area contributed by atoms with Gasteiger partial charge in [-0.1, -0.05) is 25.8 Å². The van der Waals surface area contributed by atoms with Crippen molar-refractivity contribution >= 4 is 0 Å². The Bertz CT molecular complexity index is 994. The van der Waals surface area contributed by atoms with Crippen molar-refractivity contribution in [2.24, 2.45) is 11.8 Å². The van der Waals surface area contributed by atoms with Gasteiger partial charge in [0.2, 0.25) is 0 Å². The molecule has 0 N–H and O–H groups in total. The molecule has 0 unspecified atom stereocenters. The highest BCUT2D eigenvalue weighted by atomic mass is 19.3. The molecule has 0 radical (unpaired) electrons. The first kappa shape index (κ1) is 24.9. The molecule has 0 amide bonds. The fraction of sp³-hybridized carbons (Fsp3) is 0.417. The quantitative estimate of drug-likeness (QED) is 0.280. The molecule has 1 fully saturated rings. The van der Waals surface area contributed by atoms with Crippen LogP contribution in [0.4, 0.5) is 30.7 Å². The van der Waals surface area contributed by atoms with Gasteiger partial charge in [0.25, 0.3) is 0 Å². The standard InChI is InChI=1S/C24H23F7O2/c1-2-3-14-4-7-16(8-5-14)24(30,31)33-17-9-10-18(19(25)13-17)15-6-11-21(20(26)12-15)32-23(29)22(27)28/h6,9-14,16H,2-5,7-8H2,1H3. The third-order valence-electron chi connectivity index (χ3n) is 5.80. The first-order valence-electron chi connectivity index (χ1n) is 10.7. The van der Waals surface area contributed by atoms with E-state index in [0.29, 0.717) is 31.6 Å². The highest BCUT2D eigenvalue weighted by Crippen LogP contribution is 2.41. The average Bonchev–Trinajstić information content (AvgIpc) is 2.75. The molecule has 0 saturated heterocycles. The Labute approximate surface area is 187 Å². The van der Waals surface area contributed by atoms with E-state index in [-0.39, 0.29) is 16.9 Å². The molecular weight excluding hydrogens is 453 g/mol. The largest absolute Gasteiger partial charge is 0.432 e. The van der Waals surface area contributed by atoms with Crippen molar-refractivity contribution in [3.63, 3.8) is 0 Å². The molecule has 0 aromatic heterocycles. The van der Waals surface area contributed by atoms with Crippen LogP contribution in [-0.4, -0.2) is 6.11 Å². The summed E-state index contributed by atoms with van der Waals surface area (Å²) in [5.41, 5.74) is -0.182. The molecule has 1 aliphatic rings. The summed E-state index contributed by atoms with van der Waals surface area (Å²) in [4.78, 5) is 0. The number of ether oxygens (including phenoxy) is 2. The molecule has 0 heterocycles. The maximum absolute atomic E-state index is 14.6. The predicted molar refractivity (Wildman–Crippen MR) is 109 cm³/mol. The summed E-state index contributed by atoms with van der Waals surface area (Å²) in [6.45, 7) is 2.06. The second-order valence-electron chi connectivity index (χ2n) is 8.09. The normalized spacial score (nSPS) is 18.7. The summed E-state index contributed by atoms with van der Waals surface area (Å²) in [6, 6.07) is 3.50. The third kappa shape index (κ3) is 6.21. The van der Waals surface area contributed by atoms with Crippen molar-refractivity contribution in [1.82, 2.24) is 0 Å². The number of alkyl halides is 2. The molecule has 0 aliphatic heterocycles. The van der Waals surface area contributed by atoms with Gasteiger partial charge in [-0.2, -0.15) is 22.0 Å². The van der Waals surface area contributed by atoms with Gasteiger partial charge in [0.15, 0.2) is 11.6 Å². The maximum Gasteiger partial charge on any atom is 0.400 e. The molecule has 0 atom stereocenters. The van der Waals surface area contributed by atoms with E-state index in [2.05, 4.69) is 11.7 Å². The van der Waals surface area contributed by atoms with Gasteiger partial charge in [-0.05, 0) is 61.4 Å². The van der Waals surface area contributed by atoms with Gasteiger partial charge < -0.3 is 9.47 Å². The molecule has 180 valence electrons. The zero-order valence-electron chi connectivity index (χ0n) is 17.8. The average molecular weight is 476 g/mol. The van der Waals surface area contributed by atoms with Crippen LogP contribution in [0.15, 0.2) is 48.5 Å². The van der Waals surface area contributed by atoms with Gasteiger partial charge in [-0.25, -0.2) is 8.78 Å². The van der Waals surface area contributed by atoms with E-state index in [1.165, 1.54) is 0 Å². The van der Waals surface area contributed by atoms with Crippen molar-refractivity contribution in [3.05, 3.63) is 60.1 Å². The van der Waals surface area contributed by atoms with E-state index in [4.69, 9.17) is 4.74 Å². The van der Waals surface area contributed by atoms with Crippen LogP contribution < -0.4 is 9.47 Å². The van der Waals surface area contributed by atoms with E-state index in [1.807, 2.05) is 0 Å². The van der Waals surface area contributed by atoms with Crippen LogP contribution in [0.2, 0.25) is 0 Å². The molecule has 1 aliphatic carbocycles. The van der Waals surface area contributed by atoms with E-state index < -0.39 is 41.5 Å². The zero-order valence-corrected chi connectivity index (χ0v) is 17.8. The highest BCUT2D eigenvalue weighted by molar-refractivity contribution is 5.66. The van der Waals surface area contributed by atoms with Crippen LogP contribution in [0.25, 0.3) is 11.1 Å². The number of rotatable bonds is 8. The minimum atomic E-state index is -3.46. The summed E-state index contributed by atoms with van der Waals surface area (Å²) >= 11 is 0. The lowest BCUT2D eigenvalue weighted by atomic mass is 9.79. The Kier molecular flexibility index (Phi) is 7.92. The van der Waals surface area contributed by atoms with Gasteiger partial charge in [0.1, 0.15) is 11.6 Å². The molecular formula is C24H23F7O2. The molecule has 33 heavy (non-hydrogen) atoms. The van der Waals surface area contributed by atoms with Crippen LogP contribution in [0.5, 0.6) is 11.5 Å². The predicted octanol–water partition coefficient (Wildman–Crippen LogP) is 8.62. The highest BCUT2D eigenvalue weighted by Gasteiger charge is 2.43. The van der Waals surface area contributed by atoms with Gasteiger partial charge in [-0.15, -0.1) is 0 Å². The number of benzene rings is 2. The first-order valence-corrected chi connectivity index (χ1v) is 10.7. The SMILES string of the molecule is CCCC1CCC(C(F)(F)Oc2ccc(-c3ccc(OC(F)=C(F)F)c(F)c3)c(F)c2)CC1. The van der Waals surface area contributed by atoms with Crippen LogP contribution in [0.3, 0.4) is 0 Å². The summed E-state index contributed by atoms with van der Waals surface area (Å²) in [7, 11) is 0. The molecule has 9 heteroatoms. The van der Waals surface area contributed by atoms with Crippen molar-refractivity contribution < 1.29 is 40.2 Å². The first-order chi connectivity index (χ1) is 15.6.